The van der Waals surface area contributed by atoms with Crippen molar-refractivity contribution in [3.05, 3.63) is 11.6 Å². The Morgan fingerprint density at radius 1 is 1.52 bits per heavy atom. The van der Waals surface area contributed by atoms with Gasteiger partial charge in [0.15, 0.2) is 0 Å². The van der Waals surface area contributed by atoms with Crippen molar-refractivity contribution in [3.8, 4) is 0 Å². The van der Waals surface area contributed by atoms with Crippen LogP contribution >= 0.6 is 0 Å². The van der Waals surface area contributed by atoms with Crippen molar-refractivity contribution in [2.45, 2.75) is 77.4 Å². The van der Waals surface area contributed by atoms with Gasteiger partial charge in [0, 0.05) is 0 Å². The van der Waals surface area contributed by atoms with Crippen molar-refractivity contribution in [2.75, 3.05) is 6.61 Å². The van der Waals surface area contributed by atoms with Crippen molar-refractivity contribution in [1.29, 1.82) is 0 Å². The van der Waals surface area contributed by atoms with E-state index in [-0.39, 0.29) is 6.04 Å². The quantitative estimate of drug-likeness (QED) is 0.796. The number of amides is 1. The van der Waals surface area contributed by atoms with Crippen LogP contribution in [-0.4, -0.2) is 46.2 Å². The van der Waals surface area contributed by atoms with Crippen molar-refractivity contribution in [1.82, 2.24) is 4.90 Å². The maximum Gasteiger partial charge on any atom is 0.413 e. The molecule has 1 saturated heterocycles. The molecule has 2 rings (SSSR count). The Labute approximate surface area is 126 Å². The van der Waals surface area contributed by atoms with E-state index in [1.807, 2.05) is 34.6 Å². The smallest absolute Gasteiger partial charge is 0.413 e. The van der Waals surface area contributed by atoms with E-state index in [0.29, 0.717) is 6.61 Å². The van der Waals surface area contributed by atoms with E-state index in [9.17, 15) is 9.90 Å². The van der Waals surface area contributed by atoms with E-state index in [4.69, 9.17) is 9.47 Å². The van der Waals surface area contributed by atoms with Crippen molar-refractivity contribution in [2.24, 2.45) is 0 Å². The molecule has 5 nitrogen and oxygen atoms in total. The molecule has 21 heavy (non-hydrogen) atoms. The molecule has 120 valence electrons. The summed E-state index contributed by atoms with van der Waals surface area (Å²) in [6.07, 6.45) is 3.91. The highest BCUT2D eigenvalue weighted by Gasteiger charge is 2.49. The molecule has 0 bridgehead atoms. The molecule has 0 spiro atoms. The largest absolute Gasteiger partial charge is 0.444 e. The lowest BCUT2D eigenvalue weighted by Gasteiger charge is -2.36. The Morgan fingerprint density at radius 2 is 2.19 bits per heavy atom. The van der Waals surface area contributed by atoms with Gasteiger partial charge in [0.05, 0.1) is 18.8 Å². The highest BCUT2D eigenvalue weighted by molar-refractivity contribution is 5.70. The summed E-state index contributed by atoms with van der Waals surface area (Å²) >= 11 is 0. The van der Waals surface area contributed by atoms with Gasteiger partial charge in [-0.2, -0.15) is 0 Å². The lowest BCUT2D eigenvalue weighted by Crippen LogP contribution is -2.53. The summed E-state index contributed by atoms with van der Waals surface area (Å²) in [5.74, 6) is 0. The molecule has 0 aromatic rings. The number of nitrogens with zero attached hydrogens (tertiary/aromatic N) is 1. The van der Waals surface area contributed by atoms with Crippen LogP contribution in [0.2, 0.25) is 0 Å². The van der Waals surface area contributed by atoms with Gasteiger partial charge >= 0.3 is 6.09 Å². The number of ether oxygens (including phenoxy) is 2. The molecule has 0 saturated carbocycles. The minimum Gasteiger partial charge on any atom is -0.444 e. The van der Waals surface area contributed by atoms with Crippen LogP contribution < -0.4 is 0 Å². The Morgan fingerprint density at radius 3 is 2.71 bits per heavy atom. The minimum absolute atomic E-state index is 0.324. The molecule has 1 aliphatic carbocycles. The summed E-state index contributed by atoms with van der Waals surface area (Å²) < 4.78 is 11.2. The average Bonchev–Trinajstić information content (AvgIpc) is 2.92. The van der Waals surface area contributed by atoms with Gasteiger partial charge in [0.2, 0.25) is 0 Å². The molecule has 2 aliphatic rings. The second kappa shape index (κ2) is 5.61. The first-order valence-corrected chi connectivity index (χ1v) is 7.65. The SMILES string of the molecule is CC(C)(C)OC(=O)N1[C@H](C(O)C2=CCCC2)COC1(C)C. The fourth-order valence-corrected chi connectivity index (χ4v) is 2.94. The third kappa shape index (κ3) is 3.58. The van der Waals surface area contributed by atoms with Gasteiger partial charge in [-0.15, -0.1) is 0 Å². The van der Waals surface area contributed by atoms with Crippen LogP contribution in [0, 0.1) is 0 Å². The maximum atomic E-state index is 12.5. The number of allylic oxidation sites excluding steroid dienone is 1. The summed E-state index contributed by atoms with van der Waals surface area (Å²) in [6, 6.07) is -0.390. The third-order valence-electron chi connectivity index (χ3n) is 3.93. The monoisotopic (exact) mass is 297 g/mol. The zero-order valence-corrected chi connectivity index (χ0v) is 13.7. The van der Waals surface area contributed by atoms with Crippen LogP contribution in [0.5, 0.6) is 0 Å². The molecule has 1 aliphatic heterocycles. The van der Waals surface area contributed by atoms with Crippen LogP contribution in [0.25, 0.3) is 0 Å². The first-order chi connectivity index (χ1) is 9.62. The Kier molecular flexibility index (Phi) is 4.36. The highest BCUT2D eigenvalue weighted by Crippen LogP contribution is 2.34. The summed E-state index contributed by atoms with van der Waals surface area (Å²) in [6.45, 7) is 9.48. The number of carbonyl (C=O) groups excluding carboxylic acids is 1. The standard InChI is InChI=1S/C16H27NO4/c1-15(2,3)21-14(19)17-12(10-20-16(17,4)5)13(18)11-8-6-7-9-11/h8,12-13,18H,6-7,9-10H2,1-5H3/t12-,13?/m0/s1. The number of hydrogen-bond acceptors (Lipinski definition) is 4. The number of aliphatic hydroxyl groups is 1. The second-order valence-electron chi connectivity index (χ2n) is 7.29. The average molecular weight is 297 g/mol. The lowest BCUT2D eigenvalue weighted by atomic mass is 10.0. The minimum atomic E-state index is -0.771. The summed E-state index contributed by atoms with van der Waals surface area (Å²) in [7, 11) is 0. The molecule has 1 unspecified atom stereocenters. The molecule has 1 fully saturated rings. The van der Waals surface area contributed by atoms with E-state index >= 15 is 0 Å². The Hall–Kier alpha value is -1.07. The van der Waals surface area contributed by atoms with Crippen LogP contribution in [0.15, 0.2) is 11.6 Å². The van der Waals surface area contributed by atoms with Gasteiger partial charge in [0.25, 0.3) is 0 Å². The van der Waals surface area contributed by atoms with Crippen molar-refractivity contribution < 1.29 is 19.4 Å². The van der Waals surface area contributed by atoms with Crippen LogP contribution in [-0.2, 0) is 9.47 Å². The predicted octanol–water partition coefficient (Wildman–Crippen LogP) is 2.83. The first kappa shape index (κ1) is 16.3. The normalized spacial score (nSPS) is 26.7. The lowest BCUT2D eigenvalue weighted by molar-refractivity contribution is -0.0664. The van der Waals surface area contributed by atoms with E-state index in [0.717, 1.165) is 24.8 Å². The van der Waals surface area contributed by atoms with Gasteiger partial charge in [0.1, 0.15) is 11.3 Å². The van der Waals surface area contributed by atoms with E-state index in [2.05, 4.69) is 6.08 Å². The number of rotatable bonds is 2. The summed E-state index contributed by atoms with van der Waals surface area (Å²) in [4.78, 5) is 14.0. The van der Waals surface area contributed by atoms with Gasteiger partial charge in [-0.25, -0.2) is 4.79 Å². The Balaban J connectivity index is 2.18. The van der Waals surface area contributed by atoms with Gasteiger partial charge in [-0.05, 0) is 59.5 Å². The van der Waals surface area contributed by atoms with Gasteiger partial charge < -0.3 is 14.6 Å². The molecule has 0 radical (unpaired) electrons. The molecule has 0 aromatic carbocycles. The van der Waals surface area contributed by atoms with E-state index in [1.54, 1.807) is 4.90 Å². The molecule has 0 aromatic heterocycles. The van der Waals surface area contributed by atoms with E-state index < -0.39 is 23.5 Å². The topological polar surface area (TPSA) is 59.0 Å². The second-order valence-corrected chi connectivity index (χ2v) is 7.29. The zero-order valence-electron chi connectivity index (χ0n) is 13.7. The Bertz CT molecular complexity index is 436. The van der Waals surface area contributed by atoms with Gasteiger partial charge in [-0.3, -0.25) is 4.90 Å². The van der Waals surface area contributed by atoms with E-state index in [1.165, 1.54) is 0 Å². The molecule has 1 N–H and O–H groups in total. The fraction of sp³-hybridized carbons (Fsp3) is 0.812. The van der Waals surface area contributed by atoms with Crippen LogP contribution in [0.1, 0.15) is 53.9 Å². The summed E-state index contributed by atoms with van der Waals surface area (Å²) in [5, 5.41) is 10.6. The van der Waals surface area contributed by atoms with Gasteiger partial charge in [-0.1, -0.05) is 6.08 Å². The fourth-order valence-electron chi connectivity index (χ4n) is 2.94. The predicted molar refractivity (Wildman–Crippen MR) is 79.8 cm³/mol. The highest BCUT2D eigenvalue weighted by atomic mass is 16.6. The van der Waals surface area contributed by atoms with Crippen molar-refractivity contribution in [3.63, 3.8) is 0 Å². The molecular formula is C16H27NO4. The molecule has 5 heteroatoms. The zero-order chi connectivity index (χ0) is 15.8. The molecular weight excluding hydrogens is 270 g/mol. The van der Waals surface area contributed by atoms with Crippen molar-refractivity contribution >= 4 is 6.09 Å². The van der Waals surface area contributed by atoms with Crippen LogP contribution in [0.4, 0.5) is 4.79 Å². The first-order valence-electron chi connectivity index (χ1n) is 7.65. The number of carbonyl (C=O) groups is 1. The number of aliphatic hydroxyl groups excluding tert-OH is 1. The number of hydrogen-bond donors (Lipinski definition) is 1. The van der Waals surface area contributed by atoms with Crippen LogP contribution in [0.3, 0.4) is 0 Å². The molecule has 1 heterocycles. The maximum absolute atomic E-state index is 12.5. The third-order valence-corrected chi connectivity index (χ3v) is 3.93. The molecule has 1 amide bonds. The summed E-state index contributed by atoms with van der Waals surface area (Å²) in [5.41, 5.74) is -0.333. The molecule has 2 atom stereocenters.